The summed E-state index contributed by atoms with van der Waals surface area (Å²) in [6.45, 7) is 0.236. The minimum atomic E-state index is -1.23. The van der Waals surface area contributed by atoms with E-state index in [1.807, 2.05) is 0 Å². The molecule has 1 aromatic carbocycles. The van der Waals surface area contributed by atoms with Gasteiger partial charge in [0, 0.05) is 10.0 Å². The van der Waals surface area contributed by atoms with Crippen LogP contribution in [0, 0.1) is 0 Å². The number of halogens is 3. The van der Waals surface area contributed by atoms with Crippen molar-refractivity contribution in [3.05, 3.63) is 44.7 Å². The lowest BCUT2D eigenvalue weighted by atomic mass is 10.2. The van der Waals surface area contributed by atoms with E-state index in [0.717, 1.165) is 5.56 Å². The number of carboxylic acid groups (broad SMARTS) is 1. The SMILES string of the molecule is O=C(O)c1nnn(Cc2cc(Cl)cc(Cl)c2)c1Cl. The van der Waals surface area contributed by atoms with Crippen molar-refractivity contribution in [2.45, 2.75) is 6.54 Å². The molecule has 2 rings (SSSR count). The van der Waals surface area contributed by atoms with Gasteiger partial charge in [0.2, 0.25) is 5.69 Å². The van der Waals surface area contributed by atoms with Crippen molar-refractivity contribution in [2.24, 2.45) is 0 Å². The molecule has 2 aromatic rings. The molecule has 0 aliphatic carbocycles. The largest absolute Gasteiger partial charge is 0.476 e. The van der Waals surface area contributed by atoms with E-state index in [-0.39, 0.29) is 17.4 Å². The molecule has 0 atom stereocenters. The maximum Gasteiger partial charge on any atom is 0.359 e. The van der Waals surface area contributed by atoms with E-state index < -0.39 is 5.97 Å². The number of aromatic nitrogens is 3. The van der Waals surface area contributed by atoms with E-state index in [9.17, 15) is 4.79 Å². The predicted molar refractivity (Wildman–Crippen MR) is 67.6 cm³/mol. The van der Waals surface area contributed by atoms with Crippen LogP contribution in [0.1, 0.15) is 16.1 Å². The van der Waals surface area contributed by atoms with E-state index in [0.29, 0.717) is 10.0 Å². The summed E-state index contributed by atoms with van der Waals surface area (Å²) in [7, 11) is 0. The molecule has 0 aliphatic heterocycles. The first-order valence-corrected chi connectivity index (χ1v) is 5.88. The Kier molecular flexibility index (Phi) is 3.75. The third kappa shape index (κ3) is 2.75. The lowest BCUT2D eigenvalue weighted by molar-refractivity contribution is 0.0690. The monoisotopic (exact) mass is 305 g/mol. The number of nitrogens with zero attached hydrogens (tertiary/aromatic N) is 3. The number of carboxylic acids is 1. The number of benzene rings is 1. The van der Waals surface area contributed by atoms with E-state index in [1.165, 1.54) is 4.68 Å². The van der Waals surface area contributed by atoms with E-state index in [1.54, 1.807) is 18.2 Å². The van der Waals surface area contributed by atoms with Crippen LogP contribution in [0.3, 0.4) is 0 Å². The van der Waals surface area contributed by atoms with Crippen molar-refractivity contribution in [1.82, 2.24) is 15.0 Å². The first-order chi connectivity index (χ1) is 8.47. The minimum absolute atomic E-state index is 0.0430. The van der Waals surface area contributed by atoms with E-state index >= 15 is 0 Å². The van der Waals surface area contributed by atoms with Crippen LogP contribution in [0.15, 0.2) is 18.2 Å². The third-order valence-corrected chi connectivity index (χ3v) is 2.94. The zero-order chi connectivity index (χ0) is 13.3. The molecule has 0 aliphatic rings. The summed E-state index contributed by atoms with van der Waals surface area (Å²) in [4.78, 5) is 10.8. The molecule has 1 aromatic heterocycles. The highest BCUT2D eigenvalue weighted by atomic mass is 35.5. The van der Waals surface area contributed by atoms with Gasteiger partial charge in [-0.05, 0) is 23.8 Å². The predicted octanol–water partition coefficient (Wildman–Crippen LogP) is 2.98. The Morgan fingerprint density at radius 1 is 1.22 bits per heavy atom. The molecule has 0 fully saturated rings. The second kappa shape index (κ2) is 5.14. The summed E-state index contributed by atoms with van der Waals surface area (Å²) in [6, 6.07) is 4.97. The van der Waals surface area contributed by atoms with Crippen LogP contribution in [-0.4, -0.2) is 26.1 Å². The van der Waals surface area contributed by atoms with Crippen LogP contribution in [-0.2, 0) is 6.54 Å². The van der Waals surface area contributed by atoms with E-state index in [2.05, 4.69) is 10.3 Å². The van der Waals surface area contributed by atoms with Gasteiger partial charge in [0.1, 0.15) is 0 Å². The second-order valence-electron chi connectivity index (χ2n) is 3.47. The highest BCUT2D eigenvalue weighted by molar-refractivity contribution is 6.34. The standard InChI is InChI=1S/C10H6Cl3N3O2/c11-6-1-5(2-7(12)3-6)4-16-9(13)8(10(17)18)14-15-16/h1-3H,4H2,(H,17,18). The average molecular weight is 307 g/mol. The van der Waals surface area contributed by atoms with Gasteiger partial charge in [-0.1, -0.05) is 40.0 Å². The fourth-order valence-corrected chi connectivity index (χ4v) is 2.19. The average Bonchev–Trinajstić information content (AvgIpc) is 2.59. The topological polar surface area (TPSA) is 68.0 Å². The Balaban J connectivity index is 2.31. The molecular weight excluding hydrogens is 300 g/mol. The van der Waals surface area contributed by atoms with Gasteiger partial charge in [-0.15, -0.1) is 5.10 Å². The molecule has 0 radical (unpaired) electrons. The molecule has 0 unspecified atom stereocenters. The Morgan fingerprint density at radius 2 is 1.83 bits per heavy atom. The maximum absolute atomic E-state index is 10.8. The number of carbonyl (C=O) groups is 1. The summed E-state index contributed by atoms with van der Waals surface area (Å²) in [5.41, 5.74) is 0.459. The maximum atomic E-state index is 10.8. The molecule has 5 nitrogen and oxygen atoms in total. The van der Waals surface area contributed by atoms with Gasteiger partial charge in [0.15, 0.2) is 5.15 Å². The van der Waals surface area contributed by atoms with Crippen LogP contribution >= 0.6 is 34.8 Å². The highest BCUT2D eigenvalue weighted by Gasteiger charge is 2.17. The zero-order valence-corrected chi connectivity index (χ0v) is 11.0. The summed E-state index contributed by atoms with van der Waals surface area (Å²) >= 11 is 17.5. The molecule has 94 valence electrons. The lowest BCUT2D eigenvalue weighted by Crippen LogP contribution is -2.03. The number of aromatic carboxylic acids is 1. The minimum Gasteiger partial charge on any atom is -0.476 e. The molecular formula is C10H6Cl3N3O2. The van der Waals surface area contributed by atoms with Gasteiger partial charge >= 0.3 is 5.97 Å². The van der Waals surface area contributed by atoms with Crippen LogP contribution in [0.5, 0.6) is 0 Å². The van der Waals surface area contributed by atoms with Crippen LogP contribution in [0.25, 0.3) is 0 Å². The first-order valence-electron chi connectivity index (χ1n) is 4.74. The molecule has 8 heteroatoms. The third-order valence-electron chi connectivity index (χ3n) is 2.13. The van der Waals surface area contributed by atoms with Gasteiger partial charge in [-0.2, -0.15) is 0 Å². The van der Waals surface area contributed by atoms with Crippen molar-refractivity contribution < 1.29 is 9.90 Å². The molecule has 0 saturated heterocycles. The van der Waals surface area contributed by atoms with Crippen LogP contribution in [0.2, 0.25) is 15.2 Å². The smallest absolute Gasteiger partial charge is 0.359 e. The van der Waals surface area contributed by atoms with Crippen molar-refractivity contribution >= 4 is 40.8 Å². The van der Waals surface area contributed by atoms with Crippen molar-refractivity contribution in [3.8, 4) is 0 Å². The molecule has 0 bridgehead atoms. The van der Waals surface area contributed by atoms with Crippen LogP contribution in [0.4, 0.5) is 0 Å². The molecule has 0 spiro atoms. The zero-order valence-electron chi connectivity index (χ0n) is 8.77. The van der Waals surface area contributed by atoms with Gasteiger partial charge in [-0.25, -0.2) is 9.48 Å². The molecule has 1 N–H and O–H groups in total. The van der Waals surface area contributed by atoms with Gasteiger partial charge in [0.05, 0.1) is 6.54 Å². The molecule has 0 saturated carbocycles. The fraction of sp³-hybridized carbons (Fsp3) is 0.100. The summed E-state index contributed by atoms with van der Waals surface area (Å²) in [5.74, 6) is -1.23. The number of rotatable bonds is 3. The number of hydrogen-bond acceptors (Lipinski definition) is 3. The summed E-state index contributed by atoms with van der Waals surface area (Å²) in [5, 5.41) is 16.8. The number of hydrogen-bond donors (Lipinski definition) is 1. The Morgan fingerprint density at radius 3 is 2.33 bits per heavy atom. The molecule has 0 amide bonds. The fourth-order valence-electron chi connectivity index (χ4n) is 1.41. The Bertz CT molecular complexity index is 592. The Labute approximate surface area is 117 Å². The highest BCUT2D eigenvalue weighted by Crippen LogP contribution is 2.21. The quantitative estimate of drug-likeness (QED) is 0.946. The summed E-state index contributed by atoms with van der Waals surface area (Å²) < 4.78 is 1.26. The normalized spacial score (nSPS) is 10.6. The lowest BCUT2D eigenvalue weighted by Gasteiger charge is -2.04. The second-order valence-corrected chi connectivity index (χ2v) is 4.70. The Hall–Kier alpha value is -1.30. The van der Waals surface area contributed by atoms with Crippen molar-refractivity contribution in [2.75, 3.05) is 0 Å². The van der Waals surface area contributed by atoms with Gasteiger partial charge in [0.25, 0.3) is 0 Å². The van der Waals surface area contributed by atoms with Gasteiger partial charge < -0.3 is 5.11 Å². The van der Waals surface area contributed by atoms with Crippen LogP contribution < -0.4 is 0 Å². The van der Waals surface area contributed by atoms with Gasteiger partial charge in [-0.3, -0.25) is 0 Å². The van der Waals surface area contributed by atoms with E-state index in [4.69, 9.17) is 39.9 Å². The van der Waals surface area contributed by atoms with Crippen molar-refractivity contribution in [1.29, 1.82) is 0 Å². The van der Waals surface area contributed by atoms with Crippen molar-refractivity contribution in [3.63, 3.8) is 0 Å². The first kappa shape index (κ1) is 13.1. The molecule has 18 heavy (non-hydrogen) atoms. The summed E-state index contributed by atoms with van der Waals surface area (Å²) in [6.07, 6.45) is 0. The molecule has 1 heterocycles.